The number of carboxylic acids is 1. The number of benzene rings is 2. The summed E-state index contributed by atoms with van der Waals surface area (Å²) in [6.45, 7) is 0. The standard InChI is InChI=1S/C19H15Cl2N3O4/c20-11-5-7-12(8-6-11)24-17(25)9-16(23-24)19(28)22-15(10-18(26)27)13-3-1-2-4-14(13)21/h1-9,15,25H,10H2,(H,22,28)(H,26,27). The molecule has 0 aliphatic rings. The van der Waals surface area contributed by atoms with E-state index < -0.39 is 17.9 Å². The highest BCUT2D eigenvalue weighted by Gasteiger charge is 2.23. The number of carbonyl (C=O) groups is 2. The zero-order valence-corrected chi connectivity index (χ0v) is 15.9. The van der Waals surface area contributed by atoms with Gasteiger partial charge < -0.3 is 15.5 Å². The Labute approximate surface area is 170 Å². The van der Waals surface area contributed by atoms with E-state index in [2.05, 4.69) is 10.4 Å². The van der Waals surface area contributed by atoms with Gasteiger partial charge in [-0.2, -0.15) is 5.10 Å². The maximum atomic E-state index is 12.6. The minimum absolute atomic E-state index is 0.0742. The molecule has 1 atom stereocenters. The Bertz CT molecular complexity index is 1020. The zero-order valence-electron chi connectivity index (χ0n) is 14.3. The Morgan fingerprint density at radius 2 is 1.79 bits per heavy atom. The fourth-order valence-electron chi connectivity index (χ4n) is 2.66. The van der Waals surface area contributed by atoms with Crippen molar-refractivity contribution in [2.45, 2.75) is 12.5 Å². The summed E-state index contributed by atoms with van der Waals surface area (Å²) >= 11 is 12.0. The lowest BCUT2D eigenvalue weighted by Gasteiger charge is -2.18. The number of halogens is 2. The van der Waals surface area contributed by atoms with Crippen LogP contribution in [0.25, 0.3) is 5.69 Å². The third-order valence-corrected chi connectivity index (χ3v) is 4.56. The molecular weight excluding hydrogens is 405 g/mol. The molecule has 1 heterocycles. The summed E-state index contributed by atoms with van der Waals surface area (Å²) in [5.41, 5.74) is 0.908. The van der Waals surface area contributed by atoms with E-state index in [9.17, 15) is 19.8 Å². The van der Waals surface area contributed by atoms with Gasteiger partial charge in [-0.15, -0.1) is 0 Å². The van der Waals surface area contributed by atoms with Gasteiger partial charge in [-0.3, -0.25) is 9.59 Å². The second-order valence-electron chi connectivity index (χ2n) is 5.92. The van der Waals surface area contributed by atoms with Gasteiger partial charge in [0.25, 0.3) is 5.91 Å². The highest BCUT2D eigenvalue weighted by Crippen LogP contribution is 2.26. The van der Waals surface area contributed by atoms with Gasteiger partial charge in [0, 0.05) is 16.1 Å². The van der Waals surface area contributed by atoms with Crippen LogP contribution in [0.2, 0.25) is 10.0 Å². The van der Waals surface area contributed by atoms with Gasteiger partial charge in [-0.05, 0) is 35.9 Å². The van der Waals surface area contributed by atoms with E-state index in [0.29, 0.717) is 21.3 Å². The molecule has 2 aromatic carbocycles. The summed E-state index contributed by atoms with van der Waals surface area (Å²) in [7, 11) is 0. The van der Waals surface area contributed by atoms with Crippen molar-refractivity contribution in [3.8, 4) is 11.6 Å². The van der Waals surface area contributed by atoms with Gasteiger partial charge >= 0.3 is 5.97 Å². The molecule has 0 spiro atoms. The Kier molecular flexibility index (Phi) is 5.87. The Hall–Kier alpha value is -3.03. The molecule has 0 aliphatic heterocycles. The Balaban J connectivity index is 1.86. The normalized spacial score (nSPS) is 11.8. The van der Waals surface area contributed by atoms with Crippen molar-refractivity contribution < 1.29 is 19.8 Å². The molecule has 1 amide bonds. The number of hydrogen-bond donors (Lipinski definition) is 3. The summed E-state index contributed by atoms with van der Waals surface area (Å²) < 4.78 is 1.17. The molecule has 0 fully saturated rings. The van der Waals surface area contributed by atoms with Crippen LogP contribution in [0, 0.1) is 0 Å². The first-order chi connectivity index (χ1) is 13.3. The summed E-state index contributed by atoms with van der Waals surface area (Å²) in [6, 6.07) is 13.5. The van der Waals surface area contributed by atoms with E-state index in [1.807, 2.05) is 0 Å². The maximum Gasteiger partial charge on any atom is 0.305 e. The quantitative estimate of drug-likeness (QED) is 0.562. The van der Waals surface area contributed by atoms with Crippen molar-refractivity contribution in [1.29, 1.82) is 0 Å². The fourth-order valence-corrected chi connectivity index (χ4v) is 3.05. The van der Waals surface area contributed by atoms with Gasteiger partial charge in [0.1, 0.15) is 0 Å². The molecule has 0 saturated heterocycles. The summed E-state index contributed by atoms with van der Waals surface area (Å²) in [6.07, 6.45) is -0.362. The number of carboxylic acid groups (broad SMARTS) is 1. The third-order valence-electron chi connectivity index (χ3n) is 3.96. The molecule has 3 N–H and O–H groups in total. The highest BCUT2D eigenvalue weighted by atomic mass is 35.5. The molecule has 28 heavy (non-hydrogen) atoms. The Morgan fingerprint density at radius 1 is 1.11 bits per heavy atom. The topological polar surface area (TPSA) is 104 Å². The second kappa shape index (κ2) is 8.33. The average molecular weight is 420 g/mol. The molecule has 9 heteroatoms. The number of carbonyl (C=O) groups excluding carboxylic acids is 1. The SMILES string of the molecule is O=C(O)CC(NC(=O)c1cc(O)n(-c2ccc(Cl)cc2)n1)c1ccccc1Cl. The number of nitrogens with zero attached hydrogens (tertiary/aromatic N) is 2. The van der Waals surface area contributed by atoms with Crippen LogP contribution >= 0.6 is 23.2 Å². The van der Waals surface area contributed by atoms with Crippen molar-refractivity contribution in [2.24, 2.45) is 0 Å². The predicted molar refractivity (Wildman–Crippen MR) is 104 cm³/mol. The molecular formula is C19H15Cl2N3O4. The van der Waals surface area contributed by atoms with E-state index in [4.69, 9.17) is 23.2 Å². The van der Waals surface area contributed by atoms with Crippen LogP contribution in [0.5, 0.6) is 5.88 Å². The zero-order chi connectivity index (χ0) is 20.3. The van der Waals surface area contributed by atoms with Crippen LogP contribution in [0.4, 0.5) is 0 Å². The van der Waals surface area contributed by atoms with Crippen LogP contribution in [0.1, 0.15) is 28.5 Å². The lowest BCUT2D eigenvalue weighted by molar-refractivity contribution is -0.137. The van der Waals surface area contributed by atoms with E-state index in [0.717, 1.165) is 0 Å². The minimum Gasteiger partial charge on any atom is -0.493 e. The first-order valence-electron chi connectivity index (χ1n) is 8.17. The second-order valence-corrected chi connectivity index (χ2v) is 6.77. The van der Waals surface area contributed by atoms with Crippen molar-refractivity contribution in [3.05, 3.63) is 75.9 Å². The maximum absolute atomic E-state index is 12.6. The van der Waals surface area contributed by atoms with E-state index in [1.54, 1.807) is 48.5 Å². The van der Waals surface area contributed by atoms with Crippen LogP contribution in [-0.2, 0) is 4.79 Å². The lowest BCUT2D eigenvalue weighted by atomic mass is 10.0. The lowest BCUT2D eigenvalue weighted by Crippen LogP contribution is -2.30. The van der Waals surface area contributed by atoms with E-state index in [1.165, 1.54) is 10.7 Å². The average Bonchev–Trinajstić information content (AvgIpc) is 3.04. The molecule has 0 saturated carbocycles. The number of nitrogens with one attached hydrogen (secondary N) is 1. The number of rotatable bonds is 6. The van der Waals surface area contributed by atoms with Gasteiger partial charge in [0.05, 0.1) is 18.2 Å². The van der Waals surface area contributed by atoms with Gasteiger partial charge in [-0.25, -0.2) is 4.68 Å². The molecule has 0 aliphatic carbocycles. The highest BCUT2D eigenvalue weighted by molar-refractivity contribution is 6.31. The summed E-state index contributed by atoms with van der Waals surface area (Å²) in [4.78, 5) is 23.8. The van der Waals surface area contributed by atoms with Crippen molar-refractivity contribution >= 4 is 35.1 Å². The summed E-state index contributed by atoms with van der Waals surface area (Å²) in [5, 5.41) is 26.8. The van der Waals surface area contributed by atoms with Crippen LogP contribution in [0.3, 0.4) is 0 Å². The van der Waals surface area contributed by atoms with Crippen LogP contribution in [0.15, 0.2) is 54.6 Å². The largest absolute Gasteiger partial charge is 0.493 e. The minimum atomic E-state index is -1.10. The van der Waals surface area contributed by atoms with Crippen molar-refractivity contribution in [2.75, 3.05) is 0 Å². The number of aromatic hydroxyl groups is 1. The molecule has 1 aromatic heterocycles. The monoisotopic (exact) mass is 419 g/mol. The molecule has 0 radical (unpaired) electrons. The smallest absolute Gasteiger partial charge is 0.305 e. The van der Waals surface area contributed by atoms with Gasteiger partial charge in [0.15, 0.2) is 5.69 Å². The molecule has 3 rings (SSSR count). The number of aromatic nitrogens is 2. The molecule has 0 bridgehead atoms. The molecule has 7 nitrogen and oxygen atoms in total. The number of aliphatic carboxylic acids is 1. The van der Waals surface area contributed by atoms with Crippen molar-refractivity contribution in [3.63, 3.8) is 0 Å². The third kappa shape index (κ3) is 4.44. The predicted octanol–water partition coefficient (Wildman–Crippen LogP) is 3.83. The van der Waals surface area contributed by atoms with E-state index in [-0.39, 0.29) is 18.0 Å². The number of amides is 1. The number of hydrogen-bond acceptors (Lipinski definition) is 4. The molecule has 3 aromatic rings. The first-order valence-corrected chi connectivity index (χ1v) is 8.93. The van der Waals surface area contributed by atoms with Gasteiger partial charge in [0.2, 0.25) is 5.88 Å². The Morgan fingerprint density at radius 3 is 2.43 bits per heavy atom. The van der Waals surface area contributed by atoms with E-state index >= 15 is 0 Å². The molecule has 1 unspecified atom stereocenters. The summed E-state index contributed by atoms with van der Waals surface area (Å²) in [5.74, 6) is -1.99. The molecule has 144 valence electrons. The van der Waals surface area contributed by atoms with Gasteiger partial charge in [-0.1, -0.05) is 41.4 Å². The first kappa shape index (κ1) is 19.7. The van der Waals surface area contributed by atoms with Crippen molar-refractivity contribution in [1.82, 2.24) is 15.1 Å². The van der Waals surface area contributed by atoms with Crippen LogP contribution < -0.4 is 5.32 Å². The van der Waals surface area contributed by atoms with Crippen LogP contribution in [-0.4, -0.2) is 31.9 Å². The fraction of sp³-hybridized carbons (Fsp3) is 0.105.